The average molecular weight is 430 g/mol. The molecule has 0 spiro atoms. The van der Waals surface area contributed by atoms with Gasteiger partial charge in [-0.15, -0.1) is 0 Å². The zero-order valence-electron chi connectivity index (χ0n) is 10.7. The highest BCUT2D eigenvalue weighted by atomic mass is 79.9. The van der Waals surface area contributed by atoms with Crippen LogP contribution in [0.15, 0.2) is 45.3 Å². The molecule has 7 heteroatoms. The first-order valence-electron chi connectivity index (χ1n) is 5.89. The molecule has 0 unspecified atom stereocenters. The molecule has 2 aromatic carbocycles. The van der Waals surface area contributed by atoms with Gasteiger partial charge in [-0.3, -0.25) is 9.59 Å². The van der Waals surface area contributed by atoms with Gasteiger partial charge in [-0.25, -0.2) is 0 Å². The number of halogens is 2. The van der Waals surface area contributed by atoms with Crippen LogP contribution in [0, 0.1) is 0 Å². The summed E-state index contributed by atoms with van der Waals surface area (Å²) in [6.45, 7) is 0. The molecule has 0 bridgehead atoms. The normalized spacial score (nSPS) is 10.0. The van der Waals surface area contributed by atoms with Gasteiger partial charge in [0, 0.05) is 8.95 Å². The molecule has 0 aliphatic carbocycles. The summed E-state index contributed by atoms with van der Waals surface area (Å²) in [5.74, 6) is 0.953. The fourth-order valence-electron chi connectivity index (χ4n) is 1.64. The van der Waals surface area contributed by atoms with Crippen LogP contribution in [-0.4, -0.2) is 22.6 Å². The third-order valence-electron chi connectivity index (χ3n) is 2.63. The van der Waals surface area contributed by atoms with Crippen molar-refractivity contribution in [1.29, 1.82) is 0 Å². The highest BCUT2D eigenvalue weighted by molar-refractivity contribution is 9.10. The SMILES string of the molecule is O=Cc1cc(Br)ccc1O[SiH2]Oc1ccc(Br)cc1C=O. The predicted molar refractivity (Wildman–Crippen MR) is 88.9 cm³/mol. The number of rotatable bonds is 6. The van der Waals surface area contributed by atoms with E-state index >= 15 is 0 Å². The van der Waals surface area contributed by atoms with E-state index in [1.165, 1.54) is 0 Å². The van der Waals surface area contributed by atoms with Gasteiger partial charge < -0.3 is 8.85 Å². The number of hydrogen-bond donors (Lipinski definition) is 0. The molecule has 0 aliphatic heterocycles. The van der Waals surface area contributed by atoms with E-state index in [-0.39, 0.29) is 0 Å². The molecule has 0 saturated carbocycles. The van der Waals surface area contributed by atoms with Gasteiger partial charge in [-0.1, -0.05) is 31.9 Å². The van der Waals surface area contributed by atoms with Crippen molar-refractivity contribution >= 4 is 54.4 Å². The molecule has 108 valence electrons. The van der Waals surface area contributed by atoms with Gasteiger partial charge in [0.15, 0.2) is 12.6 Å². The van der Waals surface area contributed by atoms with Crippen LogP contribution < -0.4 is 8.85 Å². The number of aldehydes is 2. The van der Waals surface area contributed by atoms with Gasteiger partial charge in [-0.05, 0) is 36.4 Å². The summed E-state index contributed by atoms with van der Waals surface area (Å²) in [4.78, 5) is 21.9. The van der Waals surface area contributed by atoms with Gasteiger partial charge in [0.1, 0.15) is 11.5 Å². The van der Waals surface area contributed by atoms with E-state index in [0.29, 0.717) is 22.6 Å². The number of carbonyl (C=O) groups is 2. The molecular formula is C14H10Br2O4Si. The molecule has 0 heterocycles. The molecule has 0 radical (unpaired) electrons. The zero-order chi connectivity index (χ0) is 15.2. The van der Waals surface area contributed by atoms with Crippen molar-refractivity contribution in [2.45, 2.75) is 0 Å². The molecule has 2 aromatic rings. The first kappa shape index (κ1) is 15.9. The standard InChI is InChI=1S/C14H10Br2O4Si/c15-11-1-3-13(9(5-11)7-17)19-21-20-14-4-2-12(16)6-10(14)8-18/h1-8H,21H2. The molecule has 0 aromatic heterocycles. The highest BCUT2D eigenvalue weighted by Crippen LogP contribution is 2.23. The Bertz CT molecular complexity index is 619. The molecule has 0 atom stereocenters. The minimum absolute atomic E-state index is 0.451. The first-order valence-corrected chi connectivity index (χ1v) is 8.63. The van der Waals surface area contributed by atoms with Gasteiger partial charge in [0.25, 0.3) is 0 Å². The maximum atomic E-state index is 11.0. The predicted octanol–water partition coefficient (Wildman–Crippen LogP) is 3.29. The van der Waals surface area contributed by atoms with Crippen LogP contribution in [0.1, 0.15) is 20.7 Å². The maximum Gasteiger partial charge on any atom is 0.427 e. The summed E-state index contributed by atoms with van der Waals surface area (Å²) in [5.41, 5.74) is 0.902. The lowest BCUT2D eigenvalue weighted by Crippen LogP contribution is -2.13. The summed E-state index contributed by atoms with van der Waals surface area (Å²) in [7, 11) is -1.42. The molecule has 0 amide bonds. The van der Waals surface area contributed by atoms with Crippen molar-refractivity contribution in [2.24, 2.45) is 0 Å². The average Bonchev–Trinajstić information content (AvgIpc) is 2.49. The second-order valence-corrected chi connectivity index (χ2v) is 6.65. The van der Waals surface area contributed by atoms with E-state index in [1.807, 2.05) is 0 Å². The smallest absolute Gasteiger partial charge is 0.427 e. The minimum Gasteiger partial charge on any atom is -0.515 e. The molecule has 4 nitrogen and oxygen atoms in total. The quantitative estimate of drug-likeness (QED) is 0.522. The molecule has 21 heavy (non-hydrogen) atoms. The van der Waals surface area contributed by atoms with Crippen molar-refractivity contribution < 1.29 is 18.4 Å². The Hall–Kier alpha value is -1.44. The molecule has 0 saturated heterocycles. The van der Waals surface area contributed by atoms with Crippen LogP contribution in [0.2, 0.25) is 0 Å². The van der Waals surface area contributed by atoms with Crippen molar-refractivity contribution in [3.63, 3.8) is 0 Å². The molecule has 0 fully saturated rings. The van der Waals surface area contributed by atoms with E-state index in [4.69, 9.17) is 8.85 Å². The number of benzene rings is 2. The second kappa shape index (κ2) is 7.53. The molecule has 2 rings (SSSR count). The molecular weight excluding hydrogens is 420 g/mol. The Morgan fingerprint density at radius 2 is 1.24 bits per heavy atom. The summed E-state index contributed by atoms with van der Waals surface area (Å²) in [5, 5.41) is 0. The van der Waals surface area contributed by atoms with E-state index < -0.39 is 10.0 Å². The van der Waals surface area contributed by atoms with E-state index in [0.717, 1.165) is 21.5 Å². The van der Waals surface area contributed by atoms with Gasteiger partial charge >= 0.3 is 10.0 Å². The highest BCUT2D eigenvalue weighted by Gasteiger charge is 2.07. The van der Waals surface area contributed by atoms with Crippen molar-refractivity contribution in [3.05, 3.63) is 56.5 Å². The largest absolute Gasteiger partial charge is 0.515 e. The summed E-state index contributed by atoms with van der Waals surface area (Å²) in [6.07, 6.45) is 1.45. The van der Waals surface area contributed by atoms with Crippen molar-refractivity contribution in [3.8, 4) is 11.5 Å². The Labute approximate surface area is 140 Å². The van der Waals surface area contributed by atoms with Gasteiger partial charge in [-0.2, -0.15) is 0 Å². The first-order chi connectivity index (χ1) is 10.1. The summed E-state index contributed by atoms with van der Waals surface area (Å²) >= 11 is 6.58. The van der Waals surface area contributed by atoms with Crippen LogP contribution >= 0.6 is 31.9 Å². The number of hydrogen-bond acceptors (Lipinski definition) is 4. The van der Waals surface area contributed by atoms with E-state index in [2.05, 4.69) is 31.9 Å². The lowest BCUT2D eigenvalue weighted by Gasteiger charge is -2.11. The lowest BCUT2D eigenvalue weighted by molar-refractivity contribution is 0.111. The Kier molecular flexibility index (Phi) is 5.72. The van der Waals surface area contributed by atoms with Crippen LogP contribution in [0.4, 0.5) is 0 Å². The second-order valence-electron chi connectivity index (χ2n) is 4.01. The third-order valence-corrected chi connectivity index (χ3v) is 4.47. The fourth-order valence-corrected chi connectivity index (χ4v) is 3.24. The van der Waals surface area contributed by atoms with Crippen molar-refractivity contribution in [1.82, 2.24) is 0 Å². The topological polar surface area (TPSA) is 52.6 Å². The van der Waals surface area contributed by atoms with Crippen LogP contribution in [0.25, 0.3) is 0 Å². The molecule has 0 N–H and O–H groups in total. The third kappa shape index (κ3) is 4.26. The van der Waals surface area contributed by atoms with Crippen LogP contribution in [0.3, 0.4) is 0 Å². The summed E-state index contributed by atoms with van der Waals surface area (Å²) < 4.78 is 12.7. The summed E-state index contributed by atoms with van der Waals surface area (Å²) in [6, 6.07) is 10.3. The van der Waals surface area contributed by atoms with Crippen LogP contribution in [-0.2, 0) is 0 Å². The zero-order valence-corrected chi connectivity index (χ0v) is 15.3. The fraction of sp³-hybridized carbons (Fsp3) is 0. The Morgan fingerprint density at radius 3 is 1.62 bits per heavy atom. The van der Waals surface area contributed by atoms with Crippen molar-refractivity contribution in [2.75, 3.05) is 0 Å². The molecule has 0 aliphatic rings. The maximum absolute atomic E-state index is 11.0. The Morgan fingerprint density at radius 1 is 0.810 bits per heavy atom. The van der Waals surface area contributed by atoms with E-state index in [9.17, 15) is 9.59 Å². The monoisotopic (exact) mass is 428 g/mol. The van der Waals surface area contributed by atoms with Crippen LogP contribution in [0.5, 0.6) is 11.5 Å². The minimum atomic E-state index is -1.42. The van der Waals surface area contributed by atoms with Gasteiger partial charge in [0.05, 0.1) is 11.1 Å². The lowest BCUT2D eigenvalue weighted by atomic mass is 10.2. The van der Waals surface area contributed by atoms with E-state index in [1.54, 1.807) is 36.4 Å². The van der Waals surface area contributed by atoms with Gasteiger partial charge in [0.2, 0.25) is 0 Å². The number of carbonyl (C=O) groups excluding carboxylic acids is 2. The Balaban J connectivity index is 2.05.